The van der Waals surface area contributed by atoms with Crippen LogP contribution in [0, 0.1) is 5.82 Å². The number of halogens is 1. The molecular weight excluding hydrogens is 709 g/mol. The van der Waals surface area contributed by atoms with Crippen molar-refractivity contribution in [2.45, 2.75) is 70.1 Å². The number of hydrogen-bond acceptors (Lipinski definition) is 11. The van der Waals surface area contributed by atoms with Gasteiger partial charge in [-0.1, -0.05) is 6.92 Å². The molecule has 3 fully saturated rings. The number of H-pyrrole nitrogens is 1. The number of amides is 5. The van der Waals surface area contributed by atoms with E-state index >= 15 is 4.39 Å². The van der Waals surface area contributed by atoms with E-state index in [1.807, 2.05) is 31.3 Å². The molecular formula is C39H40FN9O6. The number of aromatic nitrogens is 3. The molecule has 5 amide bonds. The standard InChI is InChI=1S/C39H40FN9O6/c1-2-22-14-30-31(45-36(22)52)13-21(18-41-30)20-47-9-11-48(12-10-47)25-3-6-29(42-19-25)37(53)44-24-15-23(16-24)43-35-27-17-34(51)49(32-7-8-33(50)46-38(32)54)39(55)26(27)4-5-28(35)40/h3-6,13-14,18-19,23-24,32,43H,2,7-12,15-17,20H2,1H3,(H,44,53)(H,45,52)(H,46,50,54)/t23?,24?,32-/m0/s1. The number of anilines is 2. The maximum Gasteiger partial charge on any atom is 0.270 e. The number of piperazine rings is 1. The zero-order valence-electron chi connectivity index (χ0n) is 30.2. The van der Waals surface area contributed by atoms with E-state index in [-0.39, 0.29) is 65.3 Å². The molecule has 6 heterocycles. The van der Waals surface area contributed by atoms with Crippen LogP contribution in [0.15, 0.2) is 53.6 Å². The van der Waals surface area contributed by atoms with Crippen molar-refractivity contribution in [1.29, 1.82) is 0 Å². The average molecular weight is 750 g/mol. The molecule has 8 rings (SSSR count). The van der Waals surface area contributed by atoms with Crippen LogP contribution in [-0.4, -0.2) is 98.6 Å². The third kappa shape index (κ3) is 7.16. The molecule has 3 aliphatic heterocycles. The molecule has 1 aliphatic carbocycles. The van der Waals surface area contributed by atoms with Crippen molar-refractivity contribution in [2.75, 3.05) is 36.4 Å². The minimum absolute atomic E-state index is 0.00862. The first-order valence-corrected chi connectivity index (χ1v) is 18.6. The molecule has 0 unspecified atom stereocenters. The van der Waals surface area contributed by atoms with E-state index in [1.165, 1.54) is 6.07 Å². The smallest absolute Gasteiger partial charge is 0.270 e. The summed E-state index contributed by atoms with van der Waals surface area (Å²) in [7, 11) is 0. The van der Waals surface area contributed by atoms with E-state index in [4.69, 9.17) is 0 Å². The number of nitrogens with one attached hydrogen (secondary N) is 4. The maximum atomic E-state index is 15.1. The Hall–Kier alpha value is -6.03. The Morgan fingerprint density at radius 3 is 2.49 bits per heavy atom. The van der Waals surface area contributed by atoms with Crippen molar-refractivity contribution >= 4 is 51.9 Å². The van der Waals surface area contributed by atoms with Crippen molar-refractivity contribution in [3.63, 3.8) is 0 Å². The van der Waals surface area contributed by atoms with Gasteiger partial charge in [0, 0.05) is 74.1 Å². The van der Waals surface area contributed by atoms with E-state index in [0.29, 0.717) is 19.3 Å². The molecule has 0 spiro atoms. The van der Waals surface area contributed by atoms with Crippen molar-refractivity contribution in [1.82, 2.24) is 35.4 Å². The van der Waals surface area contributed by atoms with Crippen LogP contribution in [0.25, 0.3) is 11.0 Å². The van der Waals surface area contributed by atoms with Gasteiger partial charge in [0.2, 0.25) is 17.7 Å². The van der Waals surface area contributed by atoms with Crippen molar-refractivity contribution < 1.29 is 28.4 Å². The Kier molecular flexibility index (Phi) is 9.59. The van der Waals surface area contributed by atoms with Gasteiger partial charge in [-0.05, 0) is 67.6 Å². The number of benzene rings is 1. The van der Waals surface area contributed by atoms with Gasteiger partial charge >= 0.3 is 0 Å². The van der Waals surface area contributed by atoms with Crippen molar-refractivity contribution in [3.8, 4) is 0 Å². The summed E-state index contributed by atoms with van der Waals surface area (Å²) in [5.74, 6) is -3.44. The van der Waals surface area contributed by atoms with E-state index < -0.39 is 35.5 Å². The number of rotatable bonds is 9. The second-order valence-corrected chi connectivity index (χ2v) is 14.6. The normalized spacial score (nSPS) is 21.6. The maximum absolute atomic E-state index is 15.1. The number of carbonyl (C=O) groups excluding carboxylic acids is 5. The number of nitrogens with zero attached hydrogens (tertiary/aromatic N) is 5. The molecule has 4 aliphatic rings. The Balaban J connectivity index is 0.817. The first kappa shape index (κ1) is 36.0. The number of aromatic amines is 1. The lowest BCUT2D eigenvalue weighted by Crippen LogP contribution is -2.58. The highest BCUT2D eigenvalue weighted by molar-refractivity contribution is 6.14. The van der Waals surface area contributed by atoms with E-state index in [9.17, 15) is 28.8 Å². The van der Waals surface area contributed by atoms with Gasteiger partial charge in [-0.25, -0.2) is 9.37 Å². The average Bonchev–Trinajstić information content (AvgIpc) is 3.15. The molecule has 1 aromatic carbocycles. The second kappa shape index (κ2) is 14.7. The lowest BCUT2D eigenvalue weighted by Gasteiger charge is -2.39. The number of imide groups is 2. The fourth-order valence-corrected chi connectivity index (χ4v) is 7.85. The van der Waals surface area contributed by atoms with Gasteiger partial charge in [0.15, 0.2) is 0 Å². The first-order chi connectivity index (χ1) is 26.5. The molecule has 55 heavy (non-hydrogen) atoms. The quantitative estimate of drug-likeness (QED) is 0.183. The third-order valence-electron chi connectivity index (χ3n) is 11.0. The number of hydrogen-bond donors (Lipinski definition) is 4. The monoisotopic (exact) mass is 749 g/mol. The molecule has 3 aromatic heterocycles. The highest BCUT2D eigenvalue weighted by Crippen LogP contribution is 2.34. The van der Waals surface area contributed by atoms with E-state index in [0.717, 1.165) is 71.5 Å². The zero-order valence-corrected chi connectivity index (χ0v) is 30.2. The van der Waals surface area contributed by atoms with Crippen LogP contribution in [0.1, 0.15) is 70.1 Å². The van der Waals surface area contributed by atoms with Gasteiger partial charge in [-0.3, -0.25) is 48.9 Å². The first-order valence-electron chi connectivity index (χ1n) is 18.6. The molecule has 4 N–H and O–H groups in total. The molecule has 284 valence electrons. The molecule has 0 bridgehead atoms. The van der Waals surface area contributed by atoms with Gasteiger partial charge in [-0.2, -0.15) is 0 Å². The molecule has 1 atom stereocenters. The zero-order chi connectivity index (χ0) is 38.4. The predicted octanol–water partition coefficient (Wildman–Crippen LogP) is 2.04. The molecule has 2 saturated heterocycles. The minimum Gasteiger partial charge on any atom is -0.380 e. The number of fused-ring (bicyclic) bond motifs is 2. The van der Waals surface area contributed by atoms with Crippen molar-refractivity contribution in [2.24, 2.45) is 0 Å². The molecule has 1 saturated carbocycles. The Bertz CT molecular complexity index is 2280. The van der Waals surface area contributed by atoms with Crippen LogP contribution in [0.2, 0.25) is 0 Å². The Morgan fingerprint density at radius 2 is 1.76 bits per heavy atom. The molecule has 15 nitrogen and oxygen atoms in total. The number of pyridine rings is 3. The fourth-order valence-electron chi connectivity index (χ4n) is 7.85. The summed E-state index contributed by atoms with van der Waals surface area (Å²) >= 11 is 0. The summed E-state index contributed by atoms with van der Waals surface area (Å²) < 4.78 is 15.1. The van der Waals surface area contributed by atoms with Crippen molar-refractivity contribution in [3.05, 3.63) is 92.9 Å². The molecule has 0 radical (unpaired) electrons. The summed E-state index contributed by atoms with van der Waals surface area (Å²) in [6, 6.07) is 8.41. The molecule has 16 heteroatoms. The highest BCUT2D eigenvalue weighted by Gasteiger charge is 2.43. The van der Waals surface area contributed by atoms with Gasteiger partial charge in [-0.15, -0.1) is 0 Å². The largest absolute Gasteiger partial charge is 0.380 e. The second-order valence-electron chi connectivity index (χ2n) is 14.6. The van der Waals surface area contributed by atoms with Crippen LogP contribution in [0.5, 0.6) is 0 Å². The number of aryl methyl sites for hydroxylation is 1. The summed E-state index contributed by atoms with van der Waals surface area (Å²) in [6.07, 6.45) is 4.98. The van der Waals surface area contributed by atoms with Gasteiger partial charge < -0.3 is 20.5 Å². The predicted molar refractivity (Wildman–Crippen MR) is 199 cm³/mol. The van der Waals surface area contributed by atoms with Crippen LogP contribution >= 0.6 is 0 Å². The van der Waals surface area contributed by atoms with E-state index in [2.05, 4.69) is 40.7 Å². The van der Waals surface area contributed by atoms with E-state index in [1.54, 1.807) is 12.3 Å². The Labute approximate surface area is 314 Å². The lowest BCUT2D eigenvalue weighted by atomic mass is 9.85. The minimum atomic E-state index is -1.10. The Morgan fingerprint density at radius 1 is 0.964 bits per heavy atom. The fraction of sp³-hybridized carbons (Fsp3) is 0.385. The summed E-state index contributed by atoms with van der Waals surface area (Å²) in [5.41, 5.74) is 4.82. The lowest BCUT2D eigenvalue weighted by molar-refractivity contribution is -0.143. The topological polar surface area (TPSA) is 190 Å². The van der Waals surface area contributed by atoms with Crippen LogP contribution in [0.3, 0.4) is 0 Å². The molecule has 4 aromatic rings. The number of carbonyl (C=O) groups is 5. The van der Waals surface area contributed by atoms with Gasteiger partial charge in [0.05, 0.1) is 35.0 Å². The summed E-state index contributed by atoms with van der Waals surface area (Å²) in [6.45, 7) is 5.89. The number of piperidine rings is 1. The van der Waals surface area contributed by atoms with Crippen LogP contribution in [0.4, 0.5) is 15.8 Å². The summed E-state index contributed by atoms with van der Waals surface area (Å²) in [4.78, 5) is 93.1. The summed E-state index contributed by atoms with van der Waals surface area (Å²) in [5, 5.41) is 8.28. The van der Waals surface area contributed by atoms with Crippen LogP contribution in [-0.2, 0) is 33.8 Å². The van der Waals surface area contributed by atoms with Crippen LogP contribution < -0.4 is 26.4 Å². The third-order valence-corrected chi connectivity index (χ3v) is 11.0. The van der Waals surface area contributed by atoms with Gasteiger partial charge in [0.1, 0.15) is 17.6 Å². The SMILES string of the molecule is CCc1cc2ncc(CN3CCN(c4ccc(C(=O)NC5CC(Nc6c(F)ccc7c6CC(=O)N([C@H]6CCC(=O)NC6=O)C7=O)C5)nc4)CC3)cc2[nH]c1=O. The van der Waals surface area contributed by atoms with Gasteiger partial charge in [0.25, 0.3) is 17.4 Å². The highest BCUT2D eigenvalue weighted by atomic mass is 19.1.